The van der Waals surface area contributed by atoms with Gasteiger partial charge in [-0.25, -0.2) is 13.1 Å². The number of aryl methyl sites for hydroxylation is 1. The standard InChI is InChI=1S/C12H17NO3S/c1-10-4-2-6-12(8-10)17(14,15)13-9-11-5-3-7-16-11/h2,4,6,8,11,13H,3,5,7,9H2,1H3/t11-/m1/s1. The first-order valence-corrected chi connectivity index (χ1v) is 7.24. The van der Waals surface area contributed by atoms with Crippen LogP contribution in [0.1, 0.15) is 18.4 Å². The van der Waals surface area contributed by atoms with Crippen LogP contribution in [-0.2, 0) is 14.8 Å². The minimum Gasteiger partial charge on any atom is -0.377 e. The van der Waals surface area contributed by atoms with Crippen LogP contribution in [0.5, 0.6) is 0 Å². The molecule has 1 fully saturated rings. The highest BCUT2D eigenvalue weighted by atomic mass is 32.2. The van der Waals surface area contributed by atoms with Gasteiger partial charge in [0.25, 0.3) is 0 Å². The lowest BCUT2D eigenvalue weighted by molar-refractivity contribution is 0.114. The summed E-state index contributed by atoms with van der Waals surface area (Å²) in [5, 5.41) is 0. The summed E-state index contributed by atoms with van der Waals surface area (Å²) in [4.78, 5) is 0.315. The first-order valence-electron chi connectivity index (χ1n) is 5.76. The number of sulfonamides is 1. The summed E-state index contributed by atoms with van der Waals surface area (Å²) in [5.41, 5.74) is 0.935. The molecule has 1 aliphatic heterocycles. The van der Waals surface area contributed by atoms with E-state index in [1.54, 1.807) is 18.2 Å². The fourth-order valence-electron chi connectivity index (χ4n) is 1.87. The SMILES string of the molecule is Cc1cccc(S(=O)(=O)NC[C@H]2CCCO2)c1. The lowest BCUT2D eigenvalue weighted by Crippen LogP contribution is -2.31. The van der Waals surface area contributed by atoms with E-state index in [-0.39, 0.29) is 6.10 Å². The Kier molecular flexibility index (Phi) is 3.81. The van der Waals surface area contributed by atoms with Gasteiger partial charge in [-0.3, -0.25) is 0 Å². The average molecular weight is 255 g/mol. The highest BCUT2D eigenvalue weighted by Gasteiger charge is 2.20. The molecular formula is C12H17NO3S. The molecule has 1 N–H and O–H groups in total. The molecule has 2 rings (SSSR count). The molecule has 0 saturated carbocycles. The third-order valence-corrected chi connectivity index (χ3v) is 4.25. The van der Waals surface area contributed by atoms with E-state index >= 15 is 0 Å². The monoisotopic (exact) mass is 255 g/mol. The van der Waals surface area contributed by atoms with Gasteiger partial charge in [0.05, 0.1) is 11.0 Å². The Labute approximate surface area is 102 Å². The van der Waals surface area contributed by atoms with E-state index in [1.165, 1.54) is 0 Å². The predicted octanol–water partition coefficient (Wildman–Crippen LogP) is 1.45. The summed E-state index contributed by atoms with van der Waals surface area (Å²) < 4.78 is 31.9. The second-order valence-corrected chi connectivity index (χ2v) is 6.07. The van der Waals surface area contributed by atoms with Crippen molar-refractivity contribution in [2.24, 2.45) is 0 Å². The van der Waals surface area contributed by atoms with Gasteiger partial charge < -0.3 is 4.74 Å². The smallest absolute Gasteiger partial charge is 0.240 e. The van der Waals surface area contributed by atoms with Crippen molar-refractivity contribution < 1.29 is 13.2 Å². The van der Waals surface area contributed by atoms with Gasteiger partial charge >= 0.3 is 0 Å². The zero-order chi connectivity index (χ0) is 12.3. The molecule has 5 heteroatoms. The molecule has 0 radical (unpaired) electrons. The molecule has 0 spiro atoms. The Bertz CT molecular complexity index is 478. The van der Waals surface area contributed by atoms with Crippen LogP contribution in [0.2, 0.25) is 0 Å². The van der Waals surface area contributed by atoms with Crippen molar-refractivity contribution in [1.82, 2.24) is 4.72 Å². The van der Waals surface area contributed by atoms with Crippen LogP contribution in [0.4, 0.5) is 0 Å². The van der Waals surface area contributed by atoms with Crippen LogP contribution in [0, 0.1) is 6.92 Å². The third kappa shape index (κ3) is 3.28. The van der Waals surface area contributed by atoms with Crippen LogP contribution in [-0.4, -0.2) is 27.7 Å². The molecule has 1 aromatic carbocycles. The maximum atomic E-state index is 12.0. The number of nitrogens with one attached hydrogen (secondary N) is 1. The van der Waals surface area contributed by atoms with Crippen LogP contribution >= 0.6 is 0 Å². The molecule has 17 heavy (non-hydrogen) atoms. The first kappa shape index (κ1) is 12.5. The summed E-state index contributed by atoms with van der Waals surface area (Å²) in [6, 6.07) is 6.89. The van der Waals surface area contributed by atoms with Crippen LogP contribution in [0.15, 0.2) is 29.2 Å². The molecule has 0 unspecified atom stereocenters. The zero-order valence-electron chi connectivity index (χ0n) is 9.85. The van der Waals surface area contributed by atoms with Crippen LogP contribution < -0.4 is 4.72 Å². The minimum atomic E-state index is -3.40. The van der Waals surface area contributed by atoms with Gasteiger partial charge in [-0.05, 0) is 37.5 Å². The molecule has 0 aliphatic carbocycles. The van der Waals surface area contributed by atoms with Crippen molar-refractivity contribution in [2.45, 2.75) is 30.8 Å². The molecule has 1 aromatic rings. The zero-order valence-corrected chi connectivity index (χ0v) is 10.7. The number of ether oxygens (including phenoxy) is 1. The van der Waals surface area contributed by atoms with Crippen molar-refractivity contribution in [3.05, 3.63) is 29.8 Å². The topological polar surface area (TPSA) is 55.4 Å². The molecule has 1 heterocycles. The largest absolute Gasteiger partial charge is 0.377 e. The molecule has 0 aromatic heterocycles. The number of benzene rings is 1. The highest BCUT2D eigenvalue weighted by molar-refractivity contribution is 7.89. The van der Waals surface area contributed by atoms with E-state index in [4.69, 9.17) is 4.74 Å². The van der Waals surface area contributed by atoms with Gasteiger partial charge in [0.2, 0.25) is 10.0 Å². The molecule has 1 atom stereocenters. The summed E-state index contributed by atoms with van der Waals surface area (Å²) in [6.45, 7) is 2.96. The fourth-order valence-corrected chi connectivity index (χ4v) is 3.04. The van der Waals surface area contributed by atoms with Crippen molar-refractivity contribution >= 4 is 10.0 Å². The molecule has 4 nitrogen and oxygen atoms in total. The Balaban J connectivity index is 2.03. The lowest BCUT2D eigenvalue weighted by Gasteiger charge is -2.11. The molecule has 1 aliphatic rings. The van der Waals surface area contributed by atoms with Crippen molar-refractivity contribution in [3.63, 3.8) is 0 Å². The second kappa shape index (κ2) is 5.16. The summed E-state index contributed by atoms with van der Waals surface area (Å²) in [5.74, 6) is 0. The Hall–Kier alpha value is -0.910. The summed E-state index contributed by atoms with van der Waals surface area (Å²) in [7, 11) is -3.40. The van der Waals surface area contributed by atoms with E-state index in [9.17, 15) is 8.42 Å². The number of hydrogen-bond acceptors (Lipinski definition) is 3. The Morgan fingerprint density at radius 1 is 1.47 bits per heavy atom. The van der Waals surface area contributed by atoms with Gasteiger partial charge in [0.1, 0.15) is 0 Å². The van der Waals surface area contributed by atoms with Gasteiger partial charge in [-0.15, -0.1) is 0 Å². The van der Waals surface area contributed by atoms with Gasteiger partial charge in [0.15, 0.2) is 0 Å². The number of rotatable bonds is 4. The molecular weight excluding hydrogens is 238 g/mol. The quantitative estimate of drug-likeness (QED) is 0.886. The van der Waals surface area contributed by atoms with E-state index in [1.807, 2.05) is 13.0 Å². The van der Waals surface area contributed by atoms with Crippen LogP contribution in [0.3, 0.4) is 0 Å². The molecule has 94 valence electrons. The molecule has 0 amide bonds. The van der Waals surface area contributed by atoms with Crippen LogP contribution in [0.25, 0.3) is 0 Å². The fraction of sp³-hybridized carbons (Fsp3) is 0.500. The third-order valence-electron chi connectivity index (χ3n) is 2.82. The predicted molar refractivity (Wildman–Crippen MR) is 65.3 cm³/mol. The normalized spacial score (nSPS) is 20.6. The highest BCUT2D eigenvalue weighted by Crippen LogP contribution is 2.14. The molecule has 1 saturated heterocycles. The van der Waals surface area contributed by atoms with E-state index in [0.29, 0.717) is 11.4 Å². The summed E-state index contributed by atoms with van der Waals surface area (Å²) in [6.07, 6.45) is 1.96. The second-order valence-electron chi connectivity index (χ2n) is 4.30. The summed E-state index contributed by atoms with van der Waals surface area (Å²) >= 11 is 0. The van der Waals surface area contributed by atoms with E-state index < -0.39 is 10.0 Å². The maximum Gasteiger partial charge on any atom is 0.240 e. The Morgan fingerprint density at radius 2 is 2.29 bits per heavy atom. The average Bonchev–Trinajstić information content (AvgIpc) is 2.79. The lowest BCUT2D eigenvalue weighted by atomic mass is 10.2. The maximum absolute atomic E-state index is 12.0. The first-order chi connectivity index (χ1) is 8.08. The molecule has 0 bridgehead atoms. The van der Waals surface area contributed by atoms with Crippen molar-refractivity contribution in [3.8, 4) is 0 Å². The van der Waals surface area contributed by atoms with Gasteiger partial charge in [0, 0.05) is 13.2 Å². The van der Waals surface area contributed by atoms with Crippen molar-refractivity contribution in [1.29, 1.82) is 0 Å². The van der Waals surface area contributed by atoms with Gasteiger partial charge in [-0.2, -0.15) is 0 Å². The Morgan fingerprint density at radius 3 is 2.94 bits per heavy atom. The van der Waals surface area contributed by atoms with Crippen molar-refractivity contribution in [2.75, 3.05) is 13.2 Å². The number of hydrogen-bond donors (Lipinski definition) is 1. The van der Waals surface area contributed by atoms with E-state index in [0.717, 1.165) is 25.0 Å². The van der Waals surface area contributed by atoms with Gasteiger partial charge in [-0.1, -0.05) is 12.1 Å². The minimum absolute atomic E-state index is 0.0228. The van der Waals surface area contributed by atoms with E-state index in [2.05, 4.69) is 4.72 Å².